The van der Waals surface area contributed by atoms with E-state index in [9.17, 15) is 13.2 Å². The summed E-state index contributed by atoms with van der Waals surface area (Å²) in [6.45, 7) is 8.24. The Morgan fingerprint density at radius 2 is 1.72 bits per heavy atom. The van der Waals surface area contributed by atoms with E-state index in [-0.39, 0.29) is 23.5 Å². The molecule has 0 aliphatic rings. The molecule has 142 valence electrons. The highest BCUT2D eigenvalue weighted by Crippen LogP contribution is 2.17. The third-order valence-electron chi connectivity index (χ3n) is 3.27. The van der Waals surface area contributed by atoms with Crippen LogP contribution in [0.25, 0.3) is 0 Å². The van der Waals surface area contributed by atoms with E-state index in [1.165, 1.54) is 31.4 Å². The van der Waals surface area contributed by atoms with E-state index in [1.54, 1.807) is 13.8 Å². The van der Waals surface area contributed by atoms with Crippen molar-refractivity contribution in [1.82, 2.24) is 10.0 Å². The highest BCUT2D eigenvalue weighted by molar-refractivity contribution is 7.89. The number of amides is 1. The molecular formula is C17H28N2O5S. The maximum Gasteiger partial charge on any atom is 0.260 e. The van der Waals surface area contributed by atoms with Gasteiger partial charge < -0.3 is 14.8 Å². The second-order valence-electron chi connectivity index (χ2n) is 6.35. The molecule has 7 nitrogen and oxygen atoms in total. The number of sulfonamides is 1. The Labute approximate surface area is 150 Å². The van der Waals surface area contributed by atoms with Gasteiger partial charge in [0.25, 0.3) is 5.91 Å². The number of ether oxygens (including phenoxy) is 2. The van der Waals surface area contributed by atoms with Gasteiger partial charge in [-0.3, -0.25) is 4.79 Å². The monoisotopic (exact) mass is 372 g/mol. The van der Waals surface area contributed by atoms with Crippen molar-refractivity contribution in [3.8, 4) is 5.75 Å². The second-order valence-corrected chi connectivity index (χ2v) is 8.06. The Balaban J connectivity index is 2.68. The summed E-state index contributed by atoms with van der Waals surface area (Å²) in [5.74, 6) is 0.574. The zero-order valence-electron chi connectivity index (χ0n) is 15.4. The van der Waals surface area contributed by atoms with Gasteiger partial charge in [-0.25, -0.2) is 13.1 Å². The van der Waals surface area contributed by atoms with Crippen LogP contribution in [-0.2, 0) is 19.6 Å². The van der Waals surface area contributed by atoms with E-state index in [0.29, 0.717) is 18.2 Å². The number of methoxy groups -OCH3 is 1. The van der Waals surface area contributed by atoms with Gasteiger partial charge in [0.15, 0.2) is 6.10 Å². The molecule has 0 aliphatic carbocycles. The highest BCUT2D eigenvalue weighted by atomic mass is 32.2. The molecule has 0 saturated carbocycles. The van der Waals surface area contributed by atoms with Crippen molar-refractivity contribution in [1.29, 1.82) is 0 Å². The predicted octanol–water partition coefficient (Wildman–Crippen LogP) is 1.54. The molecular weight excluding hydrogens is 344 g/mol. The minimum Gasteiger partial charge on any atom is -0.481 e. The van der Waals surface area contributed by atoms with Crippen LogP contribution in [0.15, 0.2) is 29.2 Å². The summed E-state index contributed by atoms with van der Waals surface area (Å²) in [7, 11) is -2.12. The Morgan fingerprint density at radius 3 is 2.24 bits per heavy atom. The van der Waals surface area contributed by atoms with Crippen LogP contribution in [0.1, 0.15) is 27.7 Å². The van der Waals surface area contributed by atoms with Crippen molar-refractivity contribution in [2.45, 2.75) is 44.7 Å². The van der Waals surface area contributed by atoms with Crippen LogP contribution in [0.2, 0.25) is 0 Å². The fourth-order valence-electron chi connectivity index (χ4n) is 2.02. The lowest BCUT2D eigenvalue weighted by Crippen LogP contribution is -2.38. The molecule has 0 spiro atoms. The van der Waals surface area contributed by atoms with E-state index in [4.69, 9.17) is 9.47 Å². The summed E-state index contributed by atoms with van der Waals surface area (Å²) < 4.78 is 37.5. The molecule has 1 amide bonds. The Hall–Kier alpha value is -1.64. The predicted molar refractivity (Wildman–Crippen MR) is 96.0 cm³/mol. The maximum absolute atomic E-state index is 12.2. The van der Waals surface area contributed by atoms with Gasteiger partial charge in [-0.1, -0.05) is 13.8 Å². The molecule has 0 heterocycles. The first-order chi connectivity index (χ1) is 11.7. The van der Waals surface area contributed by atoms with E-state index in [0.717, 1.165) is 0 Å². The van der Waals surface area contributed by atoms with E-state index < -0.39 is 16.1 Å². The van der Waals surface area contributed by atoms with E-state index >= 15 is 0 Å². The lowest BCUT2D eigenvalue weighted by molar-refractivity contribution is -0.127. The molecule has 0 saturated heterocycles. The molecule has 1 aromatic rings. The molecule has 0 radical (unpaired) electrons. The first-order valence-electron chi connectivity index (χ1n) is 8.21. The number of carbonyl (C=O) groups is 1. The summed E-state index contributed by atoms with van der Waals surface area (Å²) >= 11 is 0. The summed E-state index contributed by atoms with van der Waals surface area (Å²) in [6, 6.07) is 5.60. The fraction of sp³-hybridized carbons (Fsp3) is 0.588. The van der Waals surface area contributed by atoms with E-state index in [1.807, 2.05) is 13.8 Å². The minimum absolute atomic E-state index is 0.125. The standard InChI is InChI=1S/C17H28N2O5S/c1-12(2)10-18-17(20)14(4)24-15-6-8-16(9-7-15)25(21,22)19-13(3)11-23-5/h6-9,12-14,19H,10-11H2,1-5H3,(H,18,20)/t13-,14+/m1/s1. The summed E-state index contributed by atoms with van der Waals surface area (Å²) in [5, 5.41) is 2.79. The van der Waals surface area contributed by atoms with Gasteiger partial charge in [0.1, 0.15) is 5.75 Å². The molecule has 0 aromatic heterocycles. The first-order valence-corrected chi connectivity index (χ1v) is 9.69. The molecule has 2 N–H and O–H groups in total. The summed E-state index contributed by atoms with van der Waals surface area (Å²) in [4.78, 5) is 12.0. The van der Waals surface area contributed by atoms with Crippen LogP contribution in [-0.4, -0.2) is 46.7 Å². The third kappa shape index (κ3) is 7.41. The normalized spacial score (nSPS) is 14.2. The van der Waals surface area contributed by atoms with Gasteiger partial charge in [0, 0.05) is 19.7 Å². The van der Waals surface area contributed by atoms with Gasteiger partial charge in [-0.15, -0.1) is 0 Å². The number of benzene rings is 1. The lowest BCUT2D eigenvalue weighted by Gasteiger charge is -2.16. The number of hydrogen-bond donors (Lipinski definition) is 2. The van der Waals surface area contributed by atoms with Crippen LogP contribution >= 0.6 is 0 Å². The smallest absolute Gasteiger partial charge is 0.260 e. The fourth-order valence-corrected chi connectivity index (χ4v) is 3.25. The molecule has 0 fully saturated rings. The van der Waals surface area contributed by atoms with E-state index in [2.05, 4.69) is 10.0 Å². The van der Waals surface area contributed by atoms with Gasteiger partial charge >= 0.3 is 0 Å². The lowest BCUT2D eigenvalue weighted by atomic mass is 10.2. The Bertz CT molecular complexity index is 644. The van der Waals surface area contributed by atoms with Crippen molar-refractivity contribution in [2.24, 2.45) is 5.92 Å². The van der Waals surface area contributed by atoms with Crippen molar-refractivity contribution >= 4 is 15.9 Å². The maximum atomic E-state index is 12.2. The number of carbonyl (C=O) groups excluding carboxylic acids is 1. The molecule has 0 unspecified atom stereocenters. The van der Waals surface area contributed by atoms with Gasteiger partial charge in [0.05, 0.1) is 11.5 Å². The summed E-state index contributed by atoms with van der Waals surface area (Å²) in [5.41, 5.74) is 0. The van der Waals surface area contributed by atoms with Crippen molar-refractivity contribution in [2.75, 3.05) is 20.3 Å². The van der Waals surface area contributed by atoms with Gasteiger partial charge in [0.2, 0.25) is 10.0 Å². The van der Waals surface area contributed by atoms with Gasteiger partial charge in [-0.2, -0.15) is 0 Å². The van der Waals surface area contributed by atoms with Crippen LogP contribution in [0.3, 0.4) is 0 Å². The average Bonchev–Trinajstić information content (AvgIpc) is 2.52. The largest absolute Gasteiger partial charge is 0.481 e. The molecule has 0 bridgehead atoms. The van der Waals surface area contributed by atoms with Crippen molar-refractivity contribution < 1.29 is 22.7 Å². The molecule has 1 aromatic carbocycles. The molecule has 25 heavy (non-hydrogen) atoms. The number of nitrogens with one attached hydrogen (secondary N) is 2. The van der Waals surface area contributed by atoms with Crippen LogP contribution in [0, 0.1) is 5.92 Å². The molecule has 1 rings (SSSR count). The molecule has 8 heteroatoms. The van der Waals surface area contributed by atoms with Crippen molar-refractivity contribution in [3.63, 3.8) is 0 Å². The first kappa shape index (κ1) is 21.4. The minimum atomic E-state index is -3.63. The third-order valence-corrected chi connectivity index (χ3v) is 4.88. The number of rotatable bonds is 10. The molecule has 2 atom stereocenters. The van der Waals surface area contributed by atoms with Crippen LogP contribution in [0.4, 0.5) is 0 Å². The summed E-state index contributed by atoms with van der Waals surface area (Å²) in [6.07, 6.45) is -0.666. The SMILES string of the molecule is COC[C@@H](C)NS(=O)(=O)c1ccc(O[C@@H](C)C(=O)NCC(C)C)cc1. The number of hydrogen-bond acceptors (Lipinski definition) is 5. The van der Waals surface area contributed by atoms with Crippen LogP contribution < -0.4 is 14.8 Å². The van der Waals surface area contributed by atoms with Crippen molar-refractivity contribution in [3.05, 3.63) is 24.3 Å². The Kier molecular flexibility index (Phi) is 8.34. The highest BCUT2D eigenvalue weighted by Gasteiger charge is 2.18. The quantitative estimate of drug-likeness (QED) is 0.650. The second kappa shape index (κ2) is 9.74. The zero-order chi connectivity index (χ0) is 19.0. The molecule has 0 aliphatic heterocycles. The topological polar surface area (TPSA) is 93.7 Å². The van der Waals surface area contributed by atoms with Gasteiger partial charge in [-0.05, 0) is 44.0 Å². The van der Waals surface area contributed by atoms with Crippen LogP contribution in [0.5, 0.6) is 5.75 Å². The average molecular weight is 372 g/mol. The zero-order valence-corrected chi connectivity index (χ0v) is 16.2. The Morgan fingerprint density at radius 1 is 1.12 bits per heavy atom.